The lowest BCUT2D eigenvalue weighted by Gasteiger charge is -2.26. The van der Waals surface area contributed by atoms with Crippen LogP contribution in [0.2, 0.25) is 0 Å². The van der Waals surface area contributed by atoms with E-state index in [1.54, 1.807) is 0 Å². The van der Waals surface area contributed by atoms with Crippen LogP contribution in [-0.4, -0.2) is 31.2 Å². The van der Waals surface area contributed by atoms with E-state index in [-0.39, 0.29) is 22.5 Å². The number of nitrogens with zero attached hydrogens (tertiary/aromatic N) is 2. The van der Waals surface area contributed by atoms with Gasteiger partial charge in [-0.2, -0.15) is 0 Å². The summed E-state index contributed by atoms with van der Waals surface area (Å²) < 4.78 is 26.0. The maximum absolute atomic E-state index is 12.5. The van der Waals surface area contributed by atoms with Crippen LogP contribution in [0.1, 0.15) is 20.8 Å². The van der Waals surface area contributed by atoms with Gasteiger partial charge in [0.1, 0.15) is 0 Å². The second-order valence-corrected chi connectivity index (χ2v) is 7.82. The van der Waals surface area contributed by atoms with Crippen molar-refractivity contribution in [3.8, 4) is 0 Å². The number of anilines is 1. The number of sulfonamides is 1. The molecule has 0 unspecified atom stereocenters. The summed E-state index contributed by atoms with van der Waals surface area (Å²) in [5.41, 5.74) is 4.97. The molecule has 1 rings (SSSR count). The Morgan fingerprint density at radius 1 is 1.35 bits per heavy atom. The minimum absolute atomic E-state index is 0.165. The summed E-state index contributed by atoms with van der Waals surface area (Å²) in [5, 5.41) is 11.0. The van der Waals surface area contributed by atoms with Gasteiger partial charge in [-0.25, -0.2) is 12.7 Å². The lowest BCUT2D eigenvalue weighted by molar-refractivity contribution is -0.387. The monoisotopic (exact) mass is 301 g/mol. The SMILES string of the molecule is CN(CC(C)(C)C)S(=O)(=O)c1cc(N)ccc1[N+](=O)[O-]. The normalized spacial score (nSPS) is 12.7. The number of benzene rings is 1. The third-order valence-corrected chi connectivity index (χ3v) is 4.40. The standard InChI is InChI=1S/C12H19N3O4S/c1-12(2,3)8-14(4)20(18,19)11-7-9(13)5-6-10(11)15(16)17/h5-7H,8,13H2,1-4H3. The molecule has 0 amide bonds. The Labute approximate surface area is 118 Å². The van der Waals surface area contributed by atoms with E-state index in [1.807, 2.05) is 20.8 Å². The Balaban J connectivity index is 3.35. The number of nitrogen functional groups attached to an aromatic ring is 1. The molecule has 1 aromatic rings. The topological polar surface area (TPSA) is 107 Å². The number of hydrogen-bond acceptors (Lipinski definition) is 5. The van der Waals surface area contributed by atoms with Gasteiger partial charge in [0.15, 0.2) is 4.90 Å². The number of nitrogens with two attached hydrogens (primary N) is 1. The van der Waals surface area contributed by atoms with Crippen molar-refractivity contribution in [2.24, 2.45) is 5.41 Å². The molecule has 20 heavy (non-hydrogen) atoms. The molecule has 0 saturated carbocycles. The second kappa shape index (κ2) is 5.37. The van der Waals surface area contributed by atoms with E-state index in [9.17, 15) is 18.5 Å². The average Bonchev–Trinajstić information content (AvgIpc) is 2.25. The molecule has 0 aliphatic carbocycles. The van der Waals surface area contributed by atoms with Gasteiger partial charge in [0.25, 0.3) is 5.69 Å². The highest BCUT2D eigenvalue weighted by Gasteiger charge is 2.31. The molecule has 0 spiro atoms. The zero-order valence-electron chi connectivity index (χ0n) is 12.0. The lowest BCUT2D eigenvalue weighted by atomic mass is 9.97. The van der Waals surface area contributed by atoms with E-state index in [2.05, 4.69) is 0 Å². The fourth-order valence-corrected chi connectivity index (χ4v) is 3.39. The van der Waals surface area contributed by atoms with Gasteiger partial charge in [0.05, 0.1) is 4.92 Å². The quantitative estimate of drug-likeness (QED) is 0.519. The Kier molecular flexibility index (Phi) is 4.40. The van der Waals surface area contributed by atoms with Crippen molar-refractivity contribution in [2.75, 3.05) is 19.3 Å². The van der Waals surface area contributed by atoms with E-state index in [1.165, 1.54) is 13.1 Å². The van der Waals surface area contributed by atoms with Gasteiger partial charge in [-0.1, -0.05) is 20.8 Å². The maximum Gasteiger partial charge on any atom is 0.289 e. The van der Waals surface area contributed by atoms with Crippen molar-refractivity contribution in [2.45, 2.75) is 25.7 Å². The van der Waals surface area contributed by atoms with Crippen LogP contribution in [-0.2, 0) is 10.0 Å². The molecule has 0 aliphatic rings. The summed E-state index contributed by atoms with van der Waals surface area (Å²) in [4.78, 5) is 9.86. The smallest absolute Gasteiger partial charge is 0.289 e. The molecule has 0 atom stereocenters. The summed E-state index contributed by atoms with van der Waals surface area (Å²) in [6.45, 7) is 5.88. The molecule has 112 valence electrons. The van der Waals surface area contributed by atoms with Gasteiger partial charge in [0, 0.05) is 25.3 Å². The number of nitro benzene ring substituents is 1. The summed E-state index contributed by atoms with van der Waals surface area (Å²) in [6.07, 6.45) is 0. The van der Waals surface area contributed by atoms with E-state index in [4.69, 9.17) is 5.73 Å². The van der Waals surface area contributed by atoms with Crippen molar-refractivity contribution >= 4 is 21.4 Å². The van der Waals surface area contributed by atoms with Crippen molar-refractivity contribution in [1.29, 1.82) is 0 Å². The highest BCUT2D eigenvalue weighted by Crippen LogP contribution is 2.29. The van der Waals surface area contributed by atoms with Crippen molar-refractivity contribution in [3.63, 3.8) is 0 Å². The molecule has 0 saturated heterocycles. The number of nitro groups is 1. The third kappa shape index (κ3) is 3.67. The van der Waals surface area contributed by atoms with Crippen molar-refractivity contribution < 1.29 is 13.3 Å². The Morgan fingerprint density at radius 3 is 2.35 bits per heavy atom. The largest absolute Gasteiger partial charge is 0.399 e. The van der Waals surface area contributed by atoms with Crippen LogP contribution in [0.5, 0.6) is 0 Å². The van der Waals surface area contributed by atoms with Gasteiger partial charge in [-0.15, -0.1) is 0 Å². The molecule has 0 heterocycles. The van der Waals surface area contributed by atoms with Crippen molar-refractivity contribution in [1.82, 2.24) is 4.31 Å². The Morgan fingerprint density at radius 2 is 1.90 bits per heavy atom. The van der Waals surface area contributed by atoms with Crippen LogP contribution in [0, 0.1) is 15.5 Å². The van der Waals surface area contributed by atoms with Gasteiger partial charge in [-0.05, 0) is 17.5 Å². The highest BCUT2D eigenvalue weighted by atomic mass is 32.2. The van der Waals surface area contributed by atoms with E-state index >= 15 is 0 Å². The predicted molar refractivity (Wildman–Crippen MR) is 76.8 cm³/mol. The summed E-state index contributed by atoms with van der Waals surface area (Å²) >= 11 is 0. The zero-order chi connectivity index (χ0) is 15.7. The summed E-state index contributed by atoms with van der Waals surface area (Å²) in [7, 11) is -2.56. The summed E-state index contributed by atoms with van der Waals surface area (Å²) in [6, 6.07) is 3.53. The van der Waals surface area contributed by atoms with Crippen LogP contribution in [0.3, 0.4) is 0 Å². The second-order valence-electron chi connectivity index (χ2n) is 5.81. The van der Waals surface area contributed by atoms with Crippen LogP contribution < -0.4 is 5.73 Å². The Hall–Kier alpha value is -1.67. The predicted octanol–water partition coefficient (Wildman–Crippen LogP) is 1.84. The van der Waals surface area contributed by atoms with Crippen LogP contribution in [0.4, 0.5) is 11.4 Å². The zero-order valence-corrected chi connectivity index (χ0v) is 12.8. The average molecular weight is 301 g/mol. The summed E-state index contributed by atoms with van der Waals surface area (Å²) in [5.74, 6) is 0. The van der Waals surface area contributed by atoms with E-state index in [0.29, 0.717) is 0 Å². The molecule has 0 aromatic heterocycles. The van der Waals surface area contributed by atoms with Gasteiger partial charge in [0.2, 0.25) is 10.0 Å². The molecule has 0 fully saturated rings. The first kappa shape index (κ1) is 16.4. The number of rotatable bonds is 4. The van der Waals surface area contributed by atoms with Crippen LogP contribution in [0.25, 0.3) is 0 Å². The molecule has 7 nitrogen and oxygen atoms in total. The molecule has 0 radical (unpaired) electrons. The first-order valence-corrected chi connectivity index (χ1v) is 7.39. The highest BCUT2D eigenvalue weighted by molar-refractivity contribution is 7.89. The van der Waals surface area contributed by atoms with Crippen molar-refractivity contribution in [3.05, 3.63) is 28.3 Å². The number of hydrogen-bond donors (Lipinski definition) is 1. The molecule has 0 aliphatic heterocycles. The van der Waals surface area contributed by atoms with Gasteiger partial charge >= 0.3 is 0 Å². The van der Waals surface area contributed by atoms with E-state index in [0.717, 1.165) is 16.4 Å². The molecular weight excluding hydrogens is 282 g/mol. The molecule has 8 heteroatoms. The maximum atomic E-state index is 12.5. The first-order chi connectivity index (χ1) is 8.95. The minimum Gasteiger partial charge on any atom is -0.399 e. The molecular formula is C12H19N3O4S. The lowest BCUT2D eigenvalue weighted by Crippen LogP contribution is -2.34. The first-order valence-electron chi connectivity index (χ1n) is 5.95. The van der Waals surface area contributed by atoms with Crippen LogP contribution in [0.15, 0.2) is 23.1 Å². The minimum atomic E-state index is -3.96. The molecule has 0 bridgehead atoms. The molecule has 1 aromatic carbocycles. The van der Waals surface area contributed by atoms with E-state index < -0.39 is 20.6 Å². The van der Waals surface area contributed by atoms with Crippen LogP contribution >= 0.6 is 0 Å². The fraction of sp³-hybridized carbons (Fsp3) is 0.500. The van der Waals surface area contributed by atoms with Gasteiger partial charge < -0.3 is 5.73 Å². The molecule has 2 N–H and O–H groups in total. The fourth-order valence-electron chi connectivity index (χ4n) is 1.81. The third-order valence-electron chi connectivity index (χ3n) is 2.57. The van der Waals surface area contributed by atoms with Gasteiger partial charge in [-0.3, -0.25) is 10.1 Å². The Bertz CT molecular complexity index is 620.